The minimum Gasteiger partial charge on any atom is -0.493 e. The molecule has 0 radical (unpaired) electrons. The molecular formula is C30H36N6O. The Morgan fingerprint density at radius 2 is 1.73 bits per heavy atom. The third-order valence-corrected chi connectivity index (χ3v) is 7.02. The zero-order valence-corrected chi connectivity index (χ0v) is 21.4. The first-order valence-corrected chi connectivity index (χ1v) is 13.3. The van der Waals surface area contributed by atoms with E-state index in [9.17, 15) is 0 Å². The molecule has 1 aliphatic rings. The minimum absolute atomic E-state index is 0.590. The summed E-state index contributed by atoms with van der Waals surface area (Å²) in [6, 6.07) is 20.7. The maximum absolute atomic E-state index is 6.20. The van der Waals surface area contributed by atoms with Crippen LogP contribution in [0.25, 0.3) is 10.9 Å². The molecule has 1 aliphatic heterocycles. The van der Waals surface area contributed by atoms with Crippen molar-refractivity contribution in [3.05, 3.63) is 84.9 Å². The van der Waals surface area contributed by atoms with Gasteiger partial charge in [-0.1, -0.05) is 30.3 Å². The highest BCUT2D eigenvalue weighted by molar-refractivity contribution is 5.89. The first kappa shape index (κ1) is 25.0. The van der Waals surface area contributed by atoms with Crippen LogP contribution < -0.4 is 15.4 Å². The summed E-state index contributed by atoms with van der Waals surface area (Å²) in [5.41, 5.74) is 3.40. The van der Waals surface area contributed by atoms with Gasteiger partial charge in [0, 0.05) is 49.2 Å². The van der Waals surface area contributed by atoms with Crippen LogP contribution in [0, 0.1) is 5.92 Å². The van der Waals surface area contributed by atoms with E-state index in [1.807, 2.05) is 36.7 Å². The largest absolute Gasteiger partial charge is 0.493 e. The molecule has 0 bridgehead atoms. The van der Waals surface area contributed by atoms with Gasteiger partial charge in [-0.25, -0.2) is 9.97 Å². The molecule has 7 nitrogen and oxygen atoms in total. The molecule has 0 saturated carbocycles. The number of likely N-dealkylation sites (tertiary alicyclic amines) is 1. The molecule has 7 heteroatoms. The second kappa shape index (κ2) is 13.0. The first-order chi connectivity index (χ1) is 18.3. The quantitative estimate of drug-likeness (QED) is 0.259. The van der Waals surface area contributed by atoms with Crippen molar-refractivity contribution < 1.29 is 4.74 Å². The van der Waals surface area contributed by atoms with Crippen LogP contribution in [0.4, 0.5) is 11.5 Å². The number of aromatic nitrogens is 3. The Morgan fingerprint density at radius 3 is 2.57 bits per heavy atom. The van der Waals surface area contributed by atoms with Gasteiger partial charge in [0.2, 0.25) is 0 Å². The fraction of sp³-hybridized carbons (Fsp3) is 0.367. The van der Waals surface area contributed by atoms with Crippen molar-refractivity contribution in [2.75, 3.05) is 50.0 Å². The van der Waals surface area contributed by atoms with Crippen molar-refractivity contribution in [1.29, 1.82) is 0 Å². The summed E-state index contributed by atoms with van der Waals surface area (Å²) in [5, 5.41) is 7.98. The molecule has 0 unspecified atom stereocenters. The molecule has 5 rings (SSSR count). The highest BCUT2D eigenvalue weighted by Gasteiger charge is 2.19. The third-order valence-electron chi connectivity index (χ3n) is 7.02. The molecule has 1 fully saturated rings. The fourth-order valence-electron chi connectivity index (χ4n) is 4.83. The highest BCUT2D eigenvalue weighted by Crippen LogP contribution is 2.25. The van der Waals surface area contributed by atoms with E-state index in [4.69, 9.17) is 4.74 Å². The van der Waals surface area contributed by atoms with E-state index in [1.54, 1.807) is 6.33 Å². The predicted molar refractivity (Wildman–Crippen MR) is 150 cm³/mol. The van der Waals surface area contributed by atoms with E-state index >= 15 is 0 Å². The number of rotatable bonds is 12. The first-order valence-electron chi connectivity index (χ1n) is 13.3. The maximum Gasteiger partial charge on any atom is 0.137 e. The number of aryl methyl sites for hydroxylation is 1. The lowest BCUT2D eigenvalue weighted by Gasteiger charge is -2.31. The Labute approximate surface area is 219 Å². The number of nitrogens with zero attached hydrogens (tertiary/aromatic N) is 4. The number of nitrogens with one attached hydrogen (secondary N) is 2. The Hall–Kier alpha value is -3.71. The van der Waals surface area contributed by atoms with E-state index in [2.05, 4.69) is 66.9 Å². The summed E-state index contributed by atoms with van der Waals surface area (Å²) < 4.78 is 6.20. The smallest absolute Gasteiger partial charge is 0.137 e. The molecule has 37 heavy (non-hydrogen) atoms. The van der Waals surface area contributed by atoms with Crippen LogP contribution in [0.15, 0.2) is 79.4 Å². The van der Waals surface area contributed by atoms with Gasteiger partial charge in [0.25, 0.3) is 0 Å². The van der Waals surface area contributed by atoms with Crippen LogP contribution in [0.2, 0.25) is 0 Å². The van der Waals surface area contributed by atoms with Gasteiger partial charge in [-0.2, -0.15) is 0 Å². The molecule has 2 N–H and O–H groups in total. The zero-order chi connectivity index (χ0) is 25.1. The summed E-state index contributed by atoms with van der Waals surface area (Å²) in [6.45, 7) is 5.88. The molecule has 0 spiro atoms. The average Bonchev–Trinajstić information content (AvgIpc) is 2.96. The Balaban J connectivity index is 1.04. The molecule has 192 valence electrons. The summed E-state index contributed by atoms with van der Waals surface area (Å²) in [5.74, 6) is 2.35. The maximum atomic E-state index is 6.20. The van der Waals surface area contributed by atoms with Crippen molar-refractivity contribution in [1.82, 2.24) is 19.9 Å². The van der Waals surface area contributed by atoms with Crippen molar-refractivity contribution in [3.8, 4) is 5.75 Å². The van der Waals surface area contributed by atoms with Crippen molar-refractivity contribution in [2.24, 2.45) is 5.92 Å². The molecule has 2 aromatic carbocycles. The number of fused-ring (bicyclic) bond motifs is 1. The van der Waals surface area contributed by atoms with E-state index in [-0.39, 0.29) is 0 Å². The number of anilines is 2. The van der Waals surface area contributed by atoms with Crippen molar-refractivity contribution in [2.45, 2.75) is 25.7 Å². The highest BCUT2D eigenvalue weighted by atomic mass is 16.5. The standard InChI is InChI=1S/C30H36N6O/c1-2-5-24(6-3-1)7-4-14-33-30-28-9-8-27(21-29(28)34-23-35-30)37-22-25-12-18-36(19-13-25)20-17-32-26-10-15-31-16-11-26/h1-3,5-6,8-11,15-16,21,23,25H,4,7,12-14,17-20,22H2,(H,31,32)(H,33,34,35). The molecule has 1 saturated heterocycles. The van der Waals surface area contributed by atoms with Crippen LogP contribution in [0.5, 0.6) is 5.75 Å². The normalized spacial score (nSPS) is 14.5. The van der Waals surface area contributed by atoms with Crippen LogP contribution >= 0.6 is 0 Å². The lowest BCUT2D eigenvalue weighted by atomic mass is 9.98. The summed E-state index contributed by atoms with van der Waals surface area (Å²) in [7, 11) is 0. The van der Waals surface area contributed by atoms with Gasteiger partial charge < -0.3 is 20.3 Å². The SMILES string of the molecule is c1ccc(CCCNc2ncnc3cc(OCC4CCN(CCNc5ccncc5)CC4)ccc23)cc1. The fourth-order valence-corrected chi connectivity index (χ4v) is 4.83. The van der Waals surface area contributed by atoms with Gasteiger partial charge in [0.15, 0.2) is 0 Å². The van der Waals surface area contributed by atoms with Crippen LogP contribution in [-0.2, 0) is 6.42 Å². The van der Waals surface area contributed by atoms with E-state index in [0.717, 1.165) is 80.3 Å². The van der Waals surface area contributed by atoms with Crippen LogP contribution in [0.3, 0.4) is 0 Å². The van der Waals surface area contributed by atoms with Crippen molar-refractivity contribution in [3.63, 3.8) is 0 Å². The minimum atomic E-state index is 0.590. The van der Waals surface area contributed by atoms with Gasteiger partial charge >= 0.3 is 0 Å². The van der Waals surface area contributed by atoms with Gasteiger partial charge in [-0.15, -0.1) is 0 Å². The Kier molecular flexibility index (Phi) is 8.78. The number of pyridine rings is 1. The summed E-state index contributed by atoms with van der Waals surface area (Å²) >= 11 is 0. The van der Waals surface area contributed by atoms with Gasteiger partial charge in [0.1, 0.15) is 17.9 Å². The second-order valence-corrected chi connectivity index (χ2v) is 9.68. The van der Waals surface area contributed by atoms with Gasteiger partial charge in [-0.05, 0) is 74.5 Å². The average molecular weight is 497 g/mol. The number of hydrogen-bond acceptors (Lipinski definition) is 7. The number of piperidine rings is 1. The van der Waals surface area contributed by atoms with Crippen molar-refractivity contribution >= 4 is 22.4 Å². The topological polar surface area (TPSA) is 75.2 Å². The number of ether oxygens (including phenoxy) is 1. The molecule has 4 aromatic rings. The molecule has 0 aliphatic carbocycles. The van der Waals surface area contributed by atoms with E-state index < -0.39 is 0 Å². The third kappa shape index (κ3) is 7.40. The molecule has 0 amide bonds. The van der Waals surface area contributed by atoms with Gasteiger partial charge in [-0.3, -0.25) is 4.98 Å². The second-order valence-electron chi connectivity index (χ2n) is 9.68. The van der Waals surface area contributed by atoms with Crippen LogP contribution in [0.1, 0.15) is 24.8 Å². The molecule has 3 heterocycles. The Bertz CT molecular complexity index is 1230. The van der Waals surface area contributed by atoms with E-state index in [1.165, 1.54) is 18.4 Å². The van der Waals surface area contributed by atoms with E-state index in [0.29, 0.717) is 5.92 Å². The molecule has 0 atom stereocenters. The summed E-state index contributed by atoms with van der Waals surface area (Å²) in [6.07, 6.45) is 9.71. The zero-order valence-electron chi connectivity index (χ0n) is 21.4. The lowest BCUT2D eigenvalue weighted by molar-refractivity contribution is 0.145. The summed E-state index contributed by atoms with van der Waals surface area (Å²) in [4.78, 5) is 15.6. The lowest BCUT2D eigenvalue weighted by Crippen LogP contribution is -2.38. The van der Waals surface area contributed by atoms with Crippen LogP contribution in [-0.4, -0.2) is 59.2 Å². The Morgan fingerprint density at radius 1 is 0.892 bits per heavy atom. The van der Waals surface area contributed by atoms with Gasteiger partial charge in [0.05, 0.1) is 12.1 Å². The monoisotopic (exact) mass is 496 g/mol. The number of benzene rings is 2. The molecular weight excluding hydrogens is 460 g/mol. The predicted octanol–water partition coefficient (Wildman–Crippen LogP) is 5.27. The molecule has 2 aromatic heterocycles. The number of hydrogen-bond donors (Lipinski definition) is 2.